The summed E-state index contributed by atoms with van der Waals surface area (Å²) >= 11 is 0. The lowest BCUT2D eigenvalue weighted by atomic mass is 10.0. The number of hydrogen-bond acceptors (Lipinski definition) is 5. The van der Waals surface area contributed by atoms with E-state index >= 15 is 0 Å². The zero-order chi connectivity index (χ0) is 35.1. The summed E-state index contributed by atoms with van der Waals surface area (Å²) in [6.07, 6.45) is 0. The molecular formula is C39H23N3O2. The standard InChI is InChI=1S/C39H23N3O2/c1-2-9-24(10-3-1)25-11-8-12-26(21-25)37-40-38(27-18-20-35-32(22-27)30-14-5-7-16-34(30)43-35)42-39(41-37)28-17-19-31-29-13-4-6-15-33(29)44-36(31)23-28/h1-23H/i5D,7D,14D,16D,18D,20D,22D. The number of nitrogens with zero attached hydrogens (tertiary/aromatic N) is 3. The maximum atomic E-state index is 9.34. The van der Waals surface area contributed by atoms with E-state index in [0.717, 1.165) is 27.5 Å². The van der Waals surface area contributed by atoms with E-state index in [4.69, 9.17) is 32.0 Å². The van der Waals surface area contributed by atoms with E-state index in [1.165, 1.54) is 0 Å². The first kappa shape index (κ1) is 18.5. The minimum absolute atomic E-state index is 0.0220. The molecule has 9 aromatic rings. The Morgan fingerprint density at radius 1 is 0.409 bits per heavy atom. The van der Waals surface area contributed by atoms with Gasteiger partial charge in [0, 0.05) is 38.2 Å². The van der Waals surface area contributed by atoms with E-state index in [1.807, 2.05) is 97.1 Å². The molecule has 0 bridgehead atoms. The second kappa shape index (κ2) is 9.75. The van der Waals surface area contributed by atoms with Crippen LogP contribution >= 0.6 is 0 Å². The summed E-state index contributed by atoms with van der Waals surface area (Å²) in [7, 11) is 0. The normalized spacial score (nSPS) is 13.9. The van der Waals surface area contributed by atoms with Crippen molar-refractivity contribution in [2.75, 3.05) is 0 Å². The lowest BCUT2D eigenvalue weighted by molar-refractivity contribution is 0.668. The van der Waals surface area contributed by atoms with Gasteiger partial charge < -0.3 is 8.83 Å². The number of hydrogen-bond donors (Lipinski definition) is 0. The number of furan rings is 2. The molecule has 3 heterocycles. The molecule has 0 aliphatic heterocycles. The number of benzene rings is 6. The minimum atomic E-state index is -0.498. The van der Waals surface area contributed by atoms with Gasteiger partial charge in [-0.2, -0.15) is 0 Å². The highest BCUT2D eigenvalue weighted by Gasteiger charge is 2.16. The predicted octanol–water partition coefficient (Wildman–Crippen LogP) is 10.3. The second-order valence-corrected chi connectivity index (χ2v) is 10.3. The molecule has 0 saturated carbocycles. The van der Waals surface area contributed by atoms with Crippen LogP contribution in [-0.2, 0) is 0 Å². The van der Waals surface area contributed by atoms with Gasteiger partial charge in [0.2, 0.25) is 0 Å². The molecule has 9 rings (SSSR count). The molecule has 0 fully saturated rings. The van der Waals surface area contributed by atoms with Gasteiger partial charge in [0.1, 0.15) is 22.3 Å². The summed E-state index contributed by atoms with van der Waals surface area (Å²) in [5.41, 5.74) is 4.05. The van der Waals surface area contributed by atoms with Gasteiger partial charge in [0.15, 0.2) is 17.5 Å². The van der Waals surface area contributed by atoms with Crippen molar-refractivity contribution in [3.8, 4) is 45.3 Å². The molecule has 206 valence electrons. The number of fused-ring (bicyclic) bond motifs is 6. The van der Waals surface area contributed by atoms with E-state index in [1.54, 1.807) is 0 Å². The van der Waals surface area contributed by atoms with Crippen LogP contribution in [-0.4, -0.2) is 15.0 Å². The molecule has 5 nitrogen and oxygen atoms in total. The average molecular weight is 573 g/mol. The summed E-state index contributed by atoms with van der Waals surface area (Å²) in [6, 6.07) is 28.0. The molecule has 5 heteroatoms. The van der Waals surface area contributed by atoms with Gasteiger partial charge >= 0.3 is 0 Å². The van der Waals surface area contributed by atoms with Crippen LogP contribution in [0.2, 0.25) is 0 Å². The molecule has 44 heavy (non-hydrogen) atoms. The third-order valence-electron chi connectivity index (χ3n) is 7.61. The van der Waals surface area contributed by atoms with E-state index in [0.29, 0.717) is 16.7 Å². The van der Waals surface area contributed by atoms with Gasteiger partial charge in [-0.25, -0.2) is 15.0 Å². The molecule has 0 spiro atoms. The number of aromatic nitrogens is 3. The molecule has 0 aliphatic rings. The maximum absolute atomic E-state index is 9.34. The molecule has 0 saturated heterocycles. The largest absolute Gasteiger partial charge is 0.456 e. The van der Waals surface area contributed by atoms with E-state index < -0.39 is 36.3 Å². The topological polar surface area (TPSA) is 65.0 Å². The van der Waals surface area contributed by atoms with Crippen LogP contribution in [0.3, 0.4) is 0 Å². The summed E-state index contributed by atoms with van der Waals surface area (Å²) in [5.74, 6) is 0.458. The first-order chi connectivity index (χ1) is 24.7. The van der Waals surface area contributed by atoms with Gasteiger partial charge in [-0.3, -0.25) is 0 Å². The Balaban J connectivity index is 1.32. The quantitative estimate of drug-likeness (QED) is 0.210. The maximum Gasteiger partial charge on any atom is 0.164 e. The van der Waals surface area contributed by atoms with Gasteiger partial charge in [-0.1, -0.05) is 90.9 Å². The Morgan fingerprint density at radius 2 is 1.07 bits per heavy atom. The van der Waals surface area contributed by atoms with E-state index in [-0.39, 0.29) is 51.0 Å². The lowest BCUT2D eigenvalue weighted by Gasteiger charge is -2.10. The Morgan fingerprint density at radius 3 is 1.95 bits per heavy atom. The highest BCUT2D eigenvalue weighted by atomic mass is 16.3. The zero-order valence-corrected chi connectivity index (χ0v) is 22.9. The molecule has 3 aromatic heterocycles. The lowest BCUT2D eigenvalue weighted by Crippen LogP contribution is -2.00. The van der Waals surface area contributed by atoms with Gasteiger partial charge in [0.25, 0.3) is 0 Å². The average Bonchev–Trinajstić information content (AvgIpc) is 3.75. The van der Waals surface area contributed by atoms with Crippen LogP contribution in [0.15, 0.2) is 148 Å². The molecule has 0 N–H and O–H groups in total. The van der Waals surface area contributed by atoms with Crippen molar-refractivity contribution < 1.29 is 18.4 Å². The fraction of sp³-hybridized carbons (Fsp3) is 0. The van der Waals surface area contributed by atoms with E-state index in [9.17, 15) is 1.37 Å². The molecule has 0 radical (unpaired) electrons. The van der Waals surface area contributed by atoms with Gasteiger partial charge in [-0.05, 0) is 59.6 Å². The highest BCUT2D eigenvalue weighted by molar-refractivity contribution is 6.07. The molecule has 0 aliphatic carbocycles. The SMILES string of the molecule is [2H]c1c([2H])c([2H])c2c(oc3c([2H])c([2H])c(-c4nc(-c5cccc(-c6ccccc6)c5)nc(-c5ccc6c(c5)oc5ccccc56)n4)c([2H])c32)c1[2H]. The predicted molar refractivity (Wildman–Crippen MR) is 176 cm³/mol. The van der Waals surface area contributed by atoms with Crippen LogP contribution < -0.4 is 0 Å². The van der Waals surface area contributed by atoms with Crippen LogP contribution in [0.25, 0.3) is 89.2 Å². The van der Waals surface area contributed by atoms with Crippen LogP contribution in [0.5, 0.6) is 0 Å². The molecular weight excluding hydrogens is 542 g/mol. The third kappa shape index (κ3) is 4.06. The summed E-state index contributed by atoms with van der Waals surface area (Å²) < 4.78 is 72.6. The molecule has 0 atom stereocenters. The van der Waals surface area contributed by atoms with Crippen molar-refractivity contribution in [2.24, 2.45) is 0 Å². The van der Waals surface area contributed by atoms with Crippen molar-refractivity contribution in [2.45, 2.75) is 0 Å². The second-order valence-electron chi connectivity index (χ2n) is 10.3. The highest BCUT2D eigenvalue weighted by Crippen LogP contribution is 2.35. The van der Waals surface area contributed by atoms with Crippen LogP contribution in [0, 0.1) is 0 Å². The zero-order valence-electron chi connectivity index (χ0n) is 29.9. The Hall–Kier alpha value is -6.07. The molecule has 0 unspecified atom stereocenters. The smallest absolute Gasteiger partial charge is 0.164 e. The van der Waals surface area contributed by atoms with Crippen molar-refractivity contribution in [1.82, 2.24) is 15.0 Å². The van der Waals surface area contributed by atoms with E-state index in [2.05, 4.69) is 0 Å². The Labute approximate surface area is 261 Å². The van der Waals surface area contributed by atoms with Crippen LogP contribution in [0.4, 0.5) is 0 Å². The first-order valence-corrected chi connectivity index (χ1v) is 14.0. The summed E-state index contributed by atoms with van der Waals surface area (Å²) in [5, 5.41) is 1.82. The van der Waals surface area contributed by atoms with Crippen molar-refractivity contribution >= 4 is 43.9 Å². The van der Waals surface area contributed by atoms with Crippen molar-refractivity contribution in [3.05, 3.63) is 139 Å². The van der Waals surface area contributed by atoms with Crippen molar-refractivity contribution in [1.29, 1.82) is 0 Å². The summed E-state index contributed by atoms with van der Waals surface area (Å²) in [4.78, 5) is 14.4. The molecule has 6 aromatic carbocycles. The Kier molecular flexibility index (Phi) is 4.09. The van der Waals surface area contributed by atoms with Gasteiger partial charge in [-0.15, -0.1) is 0 Å². The Bertz CT molecular complexity index is 2900. The third-order valence-corrected chi connectivity index (χ3v) is 7.61. The molecule has 0 amide bonds. The van der Waals surface area contributed by atoms with Gasteiger partial charge in [0.05, 0.1) is 9.60 Å². The fourth-order valence-electron chi connectivity index (χ4n) is 5.49. The van der Waals surface area contributed by atoms with Crippen molar-refractivity contribution in [3.63, 3.8) is 0 Å². The first-order valence-electron chi connectivity index (χ1n) is 17.5. The monoisotopic (exact) mass is 572 g/mol. The number of para-hydroxylation sites is 2. The van der Waals surface area contributed by atoms with Crippen LogP contribution in [0.1, 0.15) is 9.60 Å². The minimum Gasteiger partial charge on any atom is -0.456 e. The fourth-order valence-corrected chi connectivity index (χ4v) is 5.49. The summed E-state index contributed by atoms with van der Waals surface area (Å²) in [6.45, 7) is 0. The number of rotatable bonds is 4.